The molecule has 0 fully saturated rings. The number of nitrogens with zero attached hydrogens (tertiary/aromatic N) is 4. The molecule has 1 N–H and O–H groups in total. The molecule has 0 saturated heterocycles. The largest absolute Gasteiger partial charge is 0.349 e. The lowest BCUT2D eigenvalue weighted by molar-refractivity contribution is -0.123. The Bertz CT molecular complexity index is 670. The van der Waals surface area contributed by atoms with Crippen molar-refractivity contribution in [3.8, 4) is 0 Å². The third-order valence-corrected chi connectivity index (χ3v) is 3.43. The van der Waals surface area contributed by atoms with E-state index in [4.69, 9.17) is 0 Å². The van der Waals surface area contributed by atoms with Crippen molar-refractivity contribution in [2.45, 2.75) is 39.9 Å². The first kappa shape index (κ1) is 15.9. The van der Waals surface area contributed by atoms with E-state index in [1.807, 2.05) is 10.8 Å². The summed E-state index contributed by atoms with van der Waals surface area (Å²) in [6, 6.07) is 1.54. The molecule has 1 atom stereocenters. The first-order chi connectivity index (χ1) is 10.4. The van der Waals surface area contributed by atoms with Gasteiger partial charge in [-0.15, -0.1) is 0 Å². The van der Waals surface area contributed by atoms with Gasteiger partial charge in [0.25, 0.3) is 0 Å². The van der Waals surface area contributed by atoms with Crippen LogP contribution in [0.3, 0.4) is 0 Å². The van der Waals surface area contributed by atoms with Gasteiger partial charge in [-0.1, -0.05) is 20.8 Å². The molecule has 0 bridgehead atoms. The number of nitrogens with one attached hydrogen (secondary N) is 1. The molecular formula is C15H21N5O2. The molecule has 0 spiro atoms. The fraction of sp³-hybridized carbons (Fsp3) is 0.467. The van der Waals surface area contributed by atoms with E-state index in [1.54, 1.807) is 24.8 Å². The molecule has 0 unspecified atom stereocenters. The molecule has 0 aromatic carbocycles. The second kappa shape index (κ2) is 6.55. The summed E-state index contributed by atoms with van der Waals surface area (Å²) in [4.78, 5) is 31.4. The highest BCUT2D eigenvalue weighted by molar-refractivity contribution is 5.76. The van der Waals surface area contributed by atoms with Gasteiger partial charge in [-0.05, 0) is 11.5 Å². The van der Waals surface area contributed by atoms with E-state index in [9.17, 15) is 9.59 Å². The summed E-state index contributed by atoms with van der Waals surface area (Å²) < 4.78 is 3.21. The van der Waals surface area contributed by atoms with E-state index in [2.05, 4.69) is 36.1 Å². The molecule has 0 aliphatic heterocycles. The maximum absolute atomic E-state index is 12.2. The summed E-state index contributed by atoms with van der Waals surface area (Å²) in [6.45, 7) is 6.77. The molecule has 22 heavy (non-hydrogen) atoms. The Morgan fingerprint density at radius 2 is 2.09 bits per heavy atom. The molecule has 0 aliphatic carbocycles. The van der Waals surface area contributed by atoms with E-state index in [0.717, 1.165) is 0 Å². The minimum atomic E-state index is -0.431. The normalized spacial score (nSPS) is 12.9. The molecule has 2 rings (SSSR count). The Morgan fingerprint density at radius 3 is 2.68 bits per heavy atom. The summed E-state index contributed by atoms with van der Waals surface area (Å²) in [5.41, 5.74) is -0.556. The molecule has 7 nitrogen and oxygen atoms in total. The lowest BCUT2D eigenvalue weighted by atomic mass is 9.86. The fourth-order valence-corrected chi connectivity index (χ4v) is 2.04. The van der Waals surface area contributed by atoms with Crippen LogP contribution in [0.5, 0.6) is 0 Å². The summed E-state index contributed by atoms with van der Waals surface area (Å²) >= 11 is 0. The zero-order valence-corrected chi connectivity index (χ0v) is 13.1. The van der Waals surface area contributed by atoms with Gasteiger partial charge in [0.2, 0.25) is 5.91 Å². The second-order valence-corrected chi connectivity index (χ2v) is 6.28. The number of aromatic nitrogens is 4. The van der Waals surface area contributed by atoms with Crippen molar-refractivity contribution >= 4 is 5.91 Å². The summed E-state index contributed by atoms with van der Waals surface area (Å²) in [6.07, 6.45) is 8.24. The smallest absolute Gasteiger partial charge is 0.347 e. The molecular weight excluding hydrogens is 282 g/mol. The Hall–Kier alpha value is -2.44. The van der Waals surface area contributed by atoms with E-state index in [1.165, 1.54) is 10.8 Å². The van der Waals surface area contributed by atoms with Gasteiger partial charge in [0.05, 0.1) is 12.4 Å². The highest BCUT2D eigenvalue weighted by atomic mass is 16.2. The predicted molar refractivity (Wildman–Crippen MR) is 82.1 cm³/mol. The summed E-state index contributed by atoms with van der Waals surface area (Å²) in [5, 5.41) is 3.00. The van der Waals surface area contributed by atoms with Gasteiger partial charge in [0, 0.05) is 31.3 Å². The van der Waals surface area contributed by atoms with Gasteiger partial charge in [-0.25, -0.2) is 14.8 Å². The highest BCUT2D eigenvalue weighted by Crippen LogP contribution is 2.20. The minimum Gasteiger partial charge on any atom is -0.349 e. The number of hydrogen-bond donors (Lipinski definition) is 1. The number of carbonyl (C=O) groups is 1. The monoisotopic (exact) mass is 303 g/mol. The fourth-order valence-electron chi connectivity index (χ4n) is 2.04. The van der Waals surface area contributed by atoms with Crippen LogP contribution < -0.4 is 11.0 Å². The summed E-state index contributed by atoms with van der Waals surface area (Å²) in [5.74, 6) is -0.213. The van der Waals surface area contributed by atoms with Crippen molar-refractivity contribution in [3.63, 3.8) is 0 Å². The van der Waals surface area contributed by atoms with Crippen LogP contribution in [0.25, 0.3) is 0 Å². The molecule has 0 radical (unpaired) electrons. The third-order valence-electron chi connectivity index (χ3n) is 3.43. The zero-order valence-electron chi connectivity index (χ0n) is 13.1. The van der Waals surface area contributed by atoms with Gasteiger partial charge in [-0.2, -0.15) is 0 Å². The molecule has 7 heteroatoms. The van der Waals surface area contributed by atoms with Gasteiger partial charge < -0.3 is 9.88 Å². The predicted octanol–water partition coefficient (Wildman–Crippen LogP) is 0.671. The van der Waals surface area contributed by atoms with Gasteiger partial charge in [-0.3, -0.25) is 9.36 Å². The van der Waals surface area contributed by atoms with Gasteiger partial charge >= 0.3 is 5.69 Å². The molecule has 2 aromatic heterocycles. The second-order valence-electron chi connectivity index (χ2n) is 6.28. The average molecular weight is 303 g/mol. The van der Waals surface area contributed by atoms with Crippen molar-refractivity contribution in [3.05, 3.63) is 47.7 Å². The Balaban J connectivity index is 2.05. The highest BCUT2D eigenvalue weighted by Gasteiger charge is 2.26. The standard InChI is InChI=1S/C15H21N5O2/c1-15(2,3)12(9-19-8-6-16-11-19)18-13(21)10-20-7-4-5-17-14(20)22/h4-8,11-12H,9-10H2,1-3H3,(H,18,21)/t12-/m1/s1. The Morgan fingerprint density at radius 1 is 1.32 bits per heavy atom. The minimum absolute atomic E-state index is 0.0385. The van der Waals surface area contributed by atoms with Crippen molar-refractivity contribution in [1.82, 2.24) is 24.4 Å². The van der Waals surface area contributed by atoms with Crippen LogP contribution in [0.2, 0.25) is 0 Å². The number of amides is 1. The van der Waals surface area contributed by atoms with Crippen LogP contribution in [0.1, 0.15) is 20.8 Å². The van der Waals surface area contributed by atoms with Crippen LogP contribution in [-0.2, 0) is 17.9 Å². The quantitative estimate of drug-likeness (QED) is 0.880. The lowest BCUT2D eigenvalue weighted by Crippen LogP contribution is -2.48. The molecule has 118 valence electrons. The topological polar surface area (TPSA) is 81.8 Å². The summed E-state index contributed by atoms with van der Waals surface area (Å²) in [7, 11) is 0. The zero-order chi connectivity index (χ0) is 16.2. The Labute approximate surface area is 129 Å². The molecule has 0 aliphatic rings. The Kier molecular flexibility index (Phi) is 4.75. The number of imidazole rings is 1. The SMILES string of the molecule is CC(C)(C)[C@@H](Cn1ccnc1)NC(=O)Cn1cccnc1=O. The molecule has 2 heterocycles. The van der Waals surface area contributed by atoms with Crippen LogP contribution in [0.4, 0.5) is 0 Å². The van der Waals surface area contributed by atoms with Crippen molar-refractivity contribution < 1.29 is 4.79 Å². The van der Waals surface area contributed by atoms with Crippen LogP contribution >= 0.6 is 0 Å². The van der Waals surface area contributed by atoms with Crippen LogP contribution in [0.15, 0.2) is 42.0 Å². The van der Waals surface area contributed by atoms with Crippen molar-refractivity contribution in [2.24, 2.45) is 5.41 Å². The van der Waals surface area contributed by atoms with E-state index >= 15 is 0 Å². The third kappa shape index (κ3) is 4.28. The number of carbonyl (C=O) groups excluding carboxylic acids is 1. The van der Waals surface area contributed by atoms with E-state index in [-0.39, 0.29) is 23.9 Å². The number of rotatable bonds is 5. The average Bonchev–Trinajstić information content (AvgIpc) is 2.92. The molecule has 2 aromatic rings. The van der Waals surface area contributed by atoms with E-state index in [0.29, 0.717) is 6.54 Å². The maximum Gasteiger partial charge on any atom is 0.347 e. The van der Waals surface area contributed by atoms with E-state index < -0.39 is 5.69 Å². The first-order valence-corrected chi connectivity index (χ1v) is 7.13. The maximum atomic E-state index is 12.2. The van der Waals surface area contributed by atoms with Crippen LogP contribution in [0, 0.1) is 5.41 Å². The van der Waals surface area contributed by atoms with Gasteiger partial charge in [0.15, 0.2) is 0 Å². The molecule has 0 saturated carbocycles. The number of hydrogen-bond acceptors (Lipinski definition) is 4. The van der Waals surface area contributed by atoms with Crippen molar-refractivity contribution in [1.29, 1.82) is 0 Å². The lowest BCUT2D eigenvalue weighted by Gasteiger charge is -2.31. The first-order valence-electron chi connectivity index (χ1n) is 7.13. The molecule has 1 amide bonds. The van der Waals surface area contributed by atoms with Crippen molar-refractivity contribution in [2.75, 3.05) is 0 Å². The van der Waals surface area contributed by atoms with Gasteiger partial charge in [0.1, 0.15) is 6.54 Å². The van der Waals surface area contributed by atoms with Crippen LogP contribution in [-0.4, -0.2) is 31.1 Å².